The average Bonchev–Trinajstić information content (AvgIpc) is 3.45. The van der Waals surface area contributed by atoms with Gasteiger partial charge in [0, 0.05) is 17.1 Å². The van der Waals surface area contributed by atoms with Gasteiger partial charge in [0.15, 0.2) is 23.7 Å². The molecular formula is C32H33Cl2NO10. The molecule has 11 nitrogen and oxygen atoms in total. The number of rotatable bonds is 10. The molecule has 0 aromatic heterocycles. The highest BCUT2D eigenvalue weighted by molar-refractivity contribution is 6.35. The molecular weight excluding hydrogens is 629 g/mol. The van der Waals surface area contributed by atoms with Gasteiger partial charge in [-0.25, -0.2) is 19.2 Å². The lowest BCUT2D eigenvalue weighted by atomic mass is 10.1. The molecule has 0 saturated carbocycles. The minimum absolute atomic E-state index is 0.0318. The highest BCUT2D eigenvalue weighted by Gasteiger charge is 2.35. The van der Waals surface area contributed by atoms with Crippen LogP contribution >= 0.6 is 23.2 Å². The van der Waals surface area contributed by atoms with E-state index in [1.54, 1.807) is 31.4 Å². The second-order valence-electron chi connectivity index (χ2n) is 9.87. The Bertz CT molecular complexity index is 1390. The summed E-state index contributed by atoms with van der Waals surface area (Å²) in [4.78, 5) is 49.2. The van der Waals surface area contributed by atoms with Crippen LogP contribution in [0.3, 0.4) is 0 Å². The third kappa shape index (κ3) is 10.5. The molecule has 45 heavy (non-hydrogen) atoms. The molecule has 3 atom stereocenters. The zero-order valence-corrected chi connectivity index (χ0v) is 26.1. The second-order valence-corrected chi connectivity index (χ2v) is 10.7. The van der Waals surface area contributed by atoms with E-state index >= 15 is 0 Å². The highest BCUT2D eigenvalue weighted by Crippen LogP contribution is 2.38. The molecule has 0 aliphatic carbocycles. The minimum atomic E-state index is -2.40. The van der Waals surface area contributed by atoms with Gasteiger partial charge >= 0.3 is 23.9 Å². The van der Waals surface area contributed by atoms with Crippen LogP contribution in [0, 0.1) is 0 Å². The number of esters is 4. The minimum Gasteiger partial charge on any atom is -0.491 e. The number of benzene rings is 3. The molecule has 0 amide bonds. The molecule has 1 saturated heterocycles. The predicted octanol–water partition coefficient (Wildman–Crippen LogP) is 4.34. The van der Waals surface area contributed by atoms with Crippen molar-refractivity contribution in [2.24, 2.45) is 0 Å². The summed E-state index contributed by atoms with van der Waals surface area (Å²) >= 11 is 12.0. The van der Waals surface area contributed by atoms with Crippen LogP contribution in [0.25, 0.3) is 0 Å². The summed E-state index contributed by atoms with van der Waals surface area (Å²) in [5, 5.41) is 20.3. The summed E-state index contributed by atoms with van der Waals surface area (Å²) in [6.07, 6.45) is -1.29. The van der Waals surface area contributed by atoms with E-state index in [9.17, 15) is 29.4 Å². The van der Waals surface area contributed by atoms with E-state index in [0.29, 0.717) is 34.2 Å². The van der Waals surface area contributed by atoms with E-state index in [1.807, 2.05) is 0 Å². The first-order chi connectivity index (χ1) is 21.5. The quantitative estimate of drug-likeness (QED) is 0.236. The molecule has 3 aromatic carbocycles. The molecule has 0 bridgehead atoms. The van der Waals surface area contributed by atoms with E-state index in [0.717, 1.165) is 6.42 Å². The zero-order valence-electron chi connectivity index (χ0n) is 24.6. The maximum atomic E-state index is 11.7. The number of carbonyl (C=O) groups excluding carboxylic acids is 4. The van der Waals surface area contributed by atoms with E-state index in [-0.39, 0.29) is 11.1 Å². The van der Waals surface area contributed by atoms with Crippen molar-refractivity contribution in [3.05, 3.63) is 94.0 Å². The molecule has 1 aliphatic rings. The molecule has 4 rings (SSSR count). The van der Waals surface area contributed by atoms with Crippen LogP contribution in [0.4, 0.5) is 0 Å². The van der Waals surface area contributed by atoms with Crippen LogP contribution in [0.5, 0.6) is 11.5 Å². The van der Waals surface area contributed by atoms with Gasteiger partial charge < -0.3 is 34.1 Å². The number of aliphatic hydroxyl groups is 2. The van der Waals surface area contributed by atoms with Gasteiger partial charge in [0.1, 0.15) is 0 Å². The summed E-state index contributed by atoms with van der Waals surface area (Å²) in [5.74, 6) is -4.11. The largest absolute Gasteiger partial charge is 0.491 e. The van der Waals surface area contributed by atoms with Crippen molar-refractivity contribution in [3.63, 3.8) is 0 Å². The van der Waals surface area contributed by atoms with Crippen LogP contribution in [0.2, 0.25) is 10.0 Å². The van der Waals surface area contributed by atoms with Crippen LogP contribution in [-0.4, -0.2) is 84.5 Å². The molecule has 1 fully saturated rings. The number of methoxy groups -OCH3 is 1. The fourth-order valence-electron chi connectivity index (χ4n) is 4.32. The Labute approximate surface area is 270 Å². The third-order valence-corrected chi connectivity index (χ3v) is 7.25. The summed E-state index contributed by atoms with van der Waals surface area (Å²) in [7, 11) is 3.74. The maximum absolute atomic E-state index is 11.7. The third-order valence-electron chi connectivity index (χ3n) is 6.75. The molecule has 1 heterocycles. The summed E-state index contributed by atoms with van der Waals surface area (Å²) in [5.41, 5.74) is 0.0637. The van der Waals surface area contributed by atoms with E-state index in [1.165, 1.54) is 67.9 Å². The Morgan fingerprint density at radius 1 is 0.867 bits per heavy atom. The van der Waals surface area contributed by atoms with Gasteiger partial charge in [-0.15, -0.1) is 0 Å². The van der Waals surface area contributed by atoms with Crippen LogP contribution in [0.15, 0.2) is 72.8 Å². The molecule has 3 unspecified atom stereocenters. The fourth-order valence-corrected chi connectivity index (χ4v) is 4.87. The summed E-state index contributed by atoms with van der Waals surface area (Å²) in [6, 6.07) is 18.8. The van der Waals surface area contributed by atoms with Crippen LogP contribution in [-0.2, 0) is 19.1 Å². The van der Waals surface area contributed by atoms with Crippen molar-refractivity contribution in [1.82, 2.24) is 4.90 Å². The van der Waals surface area contributed by atoms with Gasteiger partial charge in [-0.1, -0.05) is 59.6 Å². The lowest BCUT2D eigenvalue weighted by molar-refractivity contribution is -0.166. The first-order valence-corrected chi connectivity index (χ1v) is 14.6. The van der Waals surface area contributed by atoms with Gasteiger partial charge in [0.05, 0.1) is 29.9 Å². The van der Waals surface area contributed by atoms with Crippen molar-refractivity contribution in [3.8, 4) is 11.5 Å². The SMILES string of the molecule is COc1c(Cl)cc(Cl)cc1OCCC1CCCN1C.O=C(OC(=O)C(O)C(O)C(=O)OC(=O)c1ccccc1)c1ccccc1. The summed E-state index contributed by atoms with van der Waals surface area (Å²) < 4.78 is 19.8. The smallest absolute Gasteiger partial charge is 0.346 e. The Balaban J connectivity index is 0.000000257. The summed E-state index contributed by atoms with van der Waals surface area (Å²) in [6.45, 7) is 1.82. The van der Waals surface area contributed by atoms with E-state index in [4.69, 9.17) is 32.7 Å². The Morgan fingerprint density at radius 3 is 1.82 bits per heavy atom. The molecule has 0 spiro atoms. The number of halogens is 2. The number of hydrogen-bond donors (Lipinski definition) is 2. The molecule has 1 aliphatic heterocycles. The Kier molecular flexibility index (Phi) is 13.8. The monoisotopic (exact) mass is 661 g/mol. The van der Waals surface area contributed by atoms with Gasteiger partial charge in [0.25, 0.3) is 0 Å². The average molecular weight is 663 g/mol. The Morgan fingerprint density at radius 2 is 1.38 bits per heavy atom. The number of nitrogens with zero attached hydrogens (tertiary/aromatic N) is 1. The molecule has 0 radical (unpaired) electrons. The number of hydrogen-bond acceptors (Lipinski definition) is 11. The van der Waals surface area contributed by atoms with E-state index < -0.39 is 36.1 Å². The van der Waals surface area contributed by atoms with E-state index in [2.05, 4.69) is 21.4 Å². The standard InChI is InChI=1S/C18H14O8.C14H19Cl2NO2/c19-13(17(23)25-15(21)11-7-3-1-4-8-11)14(20)18(24)26-16(22)12-9-5-2-6-10-12;1-17-6-3-4-11(17)5-7-19-13-9-10(15)8-12(16)14(13)18-2/h1-10,13-14,19-20H;8-9,11H,3-7H2,1-2H3. The first-order valence-electron chi connectivity index (χ1n) is 13.9. The highest BCUT2D eigenvalue weighted by atomic mass is 35.5. The van der Waals surface area contributed by atoms with Crippen LogP contribution < -0.4 is 9.47 Å². The first kappa shape index (κ1) is 35.5. The van der Waals surface area contributed by atoms with Crippen molar-refractivity contribution in [2.45, 2.75) is 37.5 Å². The number of carbonyl (C=O) groups is 4. The van der Waals surface area contributed by atoms with Crippen molar-refractivity contribution in [1.29, 1.82) is 0 Å². The maximum Gasteiger partial charge on any atom is 0.346 e. The number of aliphatic hydroxyl groups excluding tert-OH is 2. The fraction of sp³-hybridized carbons (Fsp3) is 0.312. The Hall–Kier alpha value is -4.00. The van der Waals surface area contributed by atoms with Crippen molar-refractivity contribution in [2.75, 3.05) is 27.3 Å². The predicted molar refractivity (Wildman–Crippen MR) is 165 cm³/mol. The van der Waals surface area contributed by atoms with Crippen molar-refractivity contribution >= 4 is 47.1 Å². The topological polar surface area (TPSA) is 149 Å². The normalized spacial score (nSPS) is 15.6. The van der Waals surface area contributed by atoms with Gasteiger partial charge in [0.2, 0.25) is 0 Å². The lowest BCUT2D eigenvalue weighted by Gasteiger charge is -2.20. The van der Waals surface area contributed by atoms with Gasteiger partial charge in [-0.3, -0.25) is 0 Å². The van der Waals surface area contributed by atoms with Crippen molar-refractivity contribution < 1.29 is 48.3 Å². The van der Waals surface area contributed by atoms with Crippen LogP contribution in [0.1, 0.15) is 40.0 Å². The molecule has 3 aromatic rings. The van der Waals surface area contributed by atoms with Gasteiger partial charge in [-0.2, -0.15) is 0 Å². The molecule has 13 heteroatoms. The second kappa shape index (κ2) is 17.5. The molecule has 240 valence electrons. The molecule has 2 N–H and O–H groups in total. The number of ether oxygens (including phenoxy) is 4. The number of likely N-dealkylation sites (tertiary alicyclic amines) is 1. The lowest BCUT2D eigenvalue weighted by Crippen LogP contribution is -2.43. The van der Waals surface area contributed by atoms with Gasteiger partial charge in [-0.05, 0) is 63.2 Å². The zero-order chi connectivity index (χ0) is 32.9.